The Morgan fingerprint density at radius 2 is 0.910 bits per heavy atom. The molecule has 1 heterocycles. The van der Waals surface area contributed by atoms with Crippen molar-refractivity contribution in [1.82, 2.24) is 14.5 Å². The number of carbonyl (C=O) groups excluding carboxylic acids is 1. The Hall–Kier alpha value is -1.40. The summed E-state index contributed by atoms with van der Waals surface area (Å²) in [6, 6.07) is 0.710. The average molecular weight is 943 g/mol. The number of rotatable bonds is 54. The number of imidazole rings is 1. The number of carbonyl (C=O) groups is 1. The van der Waals surface area contributed by atoms with E-state index in [1.165, 1.54) is 264 Å². The molecule has 0 fully saturated rings. The van der Waals surface area contributed by atoms with Crippen LogP contribution in [0.2, 0.25) is 0 Å². The van der Waals surface area contributed by atoms with Crippen LogP contribution in [0.25, 0.3) is 0 Å². The number of hydrogen-bond donors (Lipinski definition) is 0. The first-order valence-electron chi connectivity index (χ1n) is 30.4. The molecule has 3 unspecified atom stereocenters. The van der Waals surface area contributed by atoms with Gasteiger partial charge in [-0.2, -0.15) is 0 Å². The van der Waals surface area contributed by atoms with Crippen LogP contribution in [0.4, 0.5) is 0 Å². The van der Waals surface area contributed by atoms with Crippen LogP contribution < -0.4 is 0 Å². The van der Waals surface area contributed by atoms with Gasteiger partial charge in [-0.3, -0.25) is 4.79 Å². The van der Waals surface area contributed by atoms with Crippen molar-refractivity contribution < 1.29 is 14.3 Å². The van der Waals surface area contributed by atoms with E-state index >= 15 is 0 Å². The number of nitrogens with zero attached hydrogens (tertiary/aromatic N) is 3. The summed E-state index contributed by atoms with van der Waals surface area (Å²) >= 11 is 0. The van der Waals surface area contributed by atoms with Gasteiger partial charge in [0.2, 0.25) is 0 Å². The molecule has 1 rings (SSSR count). The van der Waals surface area contributed by atoms with Crippen LogP contribution in [0.15, 0.2) is 12.4 Å². The molecule has 6 heteroatoms. The second-order valence-electron chi connectivity index (χ2n) is 21.4. The third kappa shape index (κ3) is 40.0. The minimum Gasteiger partial charge on any atom is -0.465 e. The van der Waals surface area contributed by atoms with Gasteiger partial charge in [-0.25, -0.2) is 4.98 Å². The molecular weight excluding hydrogens is 823 g/mol. The summed E-state index contributed by atoms with van der Waals surface area (Å²) in [4.78, 5) is 20.1. The van der Waals surface area contributed by atoms with Crippen LogP contribution in [0.1, 0.15) is 310 Å². The fraction of sp³-hybridized carbons (Fsp3) is 0.934. The van der Waals surface area contributed by atoms with E-state index in [4.69, 9.17) is 9.47 Å². The van der Waals surface area contributed by atoms with Gasteiger partial charge in [0.05, 0.1) is 6.61 Å². The van der Waals surface area contributed by atoms with E-state index in [0.29, 0.717) is 25.0 Å². The van der Waals surface area contributed by atoms with E-state index in [2.05, 4.69) is 62.2 Å². The Labute approximate surface area is 419 Å². The fourth-order valence-corrected chi connectivity index (χ4v) is 10.4. The molecule has 0 aliphatic carbocycles. The van der Waals surface area contributed by atoms with Crippen LogP contribution in [-0.4, -0.2) is 59.4 Å². The molecule has 0 bridgehead atoms. The first-order valence-corrected chi connectivity index (χ1v) is 30.4. The van der Waals surface area contributed by atoms with E-state index in [0.717, 1.165) is 44.3 Å². The lowest BCUT2D eigenvalue weighted by Gasteiger charge is -2.32. The zero-order valence-electron chi connectivity index (χ0n) is 46.4. The molecule has 67 heavy (non-hydrogen) atoms. The van der Waals surface area contributed by atoms with Gasteiger partial charge in [-0.05, 0) is 89.5 Å². The topological polar surface area (TPSA) is 56.6 Å². The Kier molecular flexibility index (Phi) is 47.1. The monoisotopic (exact) mass is 942 g/mol. The zero-order chi connectivity index (χ0) is 48.5. The smallest absolute Gasteiger partial charge is 0.305 e. The van der Waals surface area contributed by atoms with Gasteiger partial charge in [0.25, 0.3) is 0 Å². The minimum atomic E-state index is 0.0351. The number of aryl methyl sites for hydroxylation is 2. The molecule has 3 atom stereocenters. The van der Waals surface area contributed by atoms with Gasteiger partial charge in [-0.1, -0.05) is 234 Å². The van der Waals surface area contributed by atoms with Crippen LogP contribution >= 0.6 is 0 Å². The average Bonchev–Trinajstić information content (AvgIpc) is 3.75. The maximum Gasteiger partial charge on any atom is 0.305 e. The highest BCUT2D eigenvalue weighted by Gasteiger charge is 2.19. The van der Waals surface area contributed by atoms with E-state index in [-0.39, 0.29) is 5.97 Å². The third-order valence-corrected chi connectivity index (χ3v) is 15.0. The summed E-state index contributed by atoms with van der Waals surface area (Å²) in [5.74, 6) is 2.51. The number of unbranched alkanes of at least 4 members (excludes halogenated alkanes) is 27. The lowest BCUT2D eigenvalue weighted by molar-refractivity contribution is -0.145. The van der Waals surface area contributed by atoms with Gasteiger partial charge < -0.3 is 18.9 Å². The standard InChI is InChI=1S/C61H119N3O3/c1-7-12-17-20-21-27-32-39-50-64(52-41-51-63-53-49-62-57(63)6)60(47-37-30-25-23-28-33-40-54-66-55-58(42-15-10-4)44-34-18-13-8-2)46-36-29-24-22-26-31-38-48-61(65)67-56-59(43-16-11-5)45-35-19-14-9-3/h49,53,58-60H,7-48,50-52,54-56H2,1-6H3. The predicted molar refractivity (Wildman–Crippen MR) is 293 cm³/mol. The van der Waals surface area contributed by atoms with Crippen molar-refractivity contribution in [3.05, 3.63) is 18.2 Å². The second kappa shape index (κ2) is 49.6. The van der Waals surface area contributed by atoms with Crippen LogP contribution in [-0.2, 0) is 20.8 Å². The molecule has 6 nitrogen and oxygen atoms in total. The van der Waals surface area contributed by atoms with E-state index < -0.39 is 0 Å². The zero-order valence-corrected chi connectivity index (χ0v) is 46.4. The molecule has 0 radical (unpaired) electrons. The van der Waals surface area contributed by atoms with E-state index in [1.54, 1.807) is 0 Å². The molecule has 0 aliphatic rings. The highest BCUT2D eigenvalue weighted by molar-refractivity contribution is 5.69. The van der Waals surface area contributed by atoms with Gasteiger partial charge >= 0.3 is 5.97 Å². The largest absolute Gasteiger partial charge is 0.465 e. The van der Waals surface area contributed by atoms with Crippen molar-refractivity contribution >= 4 is 5.97 Å². The molecule has 0 aliphatic heterocycles. The summed E-state index contributed by atoms with van der Waals surface area (Å²) in [5, 5.41) is 0. The summed E-state index contributed by atoms with van der Waals surface area (Å²) in [6.07, 6.45) is 58.9. The molecule has 0 saturated carbocycles. The van der Waals surface area contributed by atoms with Gasteiger partial charge in [0.15, 0.2) is 0 Å². The van der Waals surface area contributed by atoms with Crippen molar-refractivity contribution in [3.63, 3.8) is 0 Å². The molecule has 0 N–H and O–H groups in total. The molecule has 1 aromatic rings. The van der Waals surface area contributed by atoms with Crippen molar-refractivity contribution in [1.29, 1.82) is 0 Å². The maximum absolute atomic E-state index is 12.6. The summed E-state index contributed by atoms with van der Waals surface area (Å²) in [5.41, 5.74) is 0. The molecular formula is C61H119N3O3. The second-order valence-corrected chi connectivity index (χ2v) is 21.4. The maximum atomic E-state index is 12.6. The molecule has 1 aromatic heterocycles. The predicted octanol–water partition coefficient (Wildman–Crippen LogP) is 19.1. The van der Waals surface area contributed by atoms with E-state index in [9.17, 15) is 4.79 Å². The summed E-state index contributed by atoms with van der Waals surface area (Å²) in [6.45, 7) is 19.8. The number of hydrogen-bond acceptors (Lipinski definition) is 5. The first-order chi connectivity index (χ1) is 33.0. The first kappa shape index (κ1) is 63.6. The van der Waals surface area contributed by atoms with Crippen molar-refractivity contribution in [2.45, 2.75) is 324 Å². The lowest BCUT2D eigenvalue weighted by atomic mass is 9.96. The van der Waals surface area contributed by atoms with Crippen LogP contribution in [0.5, 0.6) is 0 Å². The lowest BCUT2D eigenvalue weighted by Crippen LogP contribution is -2.37. The van der Waals surface area contributed by atoms with Crippen LogP contribution in [0.3, 0.4) is 0 Å². The minimum absolute atomic E-state index is 0.0351. The molecule has 0 spiro atoms. The molecule has 0 amide bonds. The summed E-state index contributed by atoms with van der Waals surface area (Å²) < 4.78 is 14.4. The fourth-order valence-electron chi connectivity index (χ4n) is 10.4. The summed E-state index contributed by atoms with van der Waals surface area (Å²) in [7, 11) is 0. The van der Waals surface area contributed by atoms with Gasteiger partial charge in [-0.15, -0.1) is 0 Å². The quantitative estimate of drug-likeness (QED) is 0.0481. The molecule has 0 saturated heterocycles. The van der Waals surface area contributed by atoms with Gasteiger partial charge in [0.1, 0.15) is 5.82 Å². The number of esters is 1. The third-order valence-electron chi connectivity index (χ3n) is 15.0. The van der Waals surface area contributed by atoms with Crippen LogP contribution in [0, 0.1) is 18.8 Å². The Bertz CT molecular complexity index is 1140. The normalized spacial score (nSPS) is 13.2. The van der Waals surface area contributed by atoms with Crippen molar-refractivity contribution in [2.75, 3.05) is 32.9 Å². The Balaban J connectivity index is 2.57. The van der Waals surface area contributed by atoms with Crippen molar-refractivity contribution in [2.24, 2.45) is 11.8 Å². The Morgan fingerprint density at radius 3 is 1.43 bits per heavy atom. The Morgan fingerprint density at radius 1 is 0.493 bits per heavy atom. The number of ether oxygens (including phenoxy) is 2. The van der Waals surface area contributed by atoms with Gasteiger partial charge in [0, 0.05) is 51.2 Å². The molecule has 396 valence electrons. The molecule has 0 aromatic carbocycles. The highest BCUT2D eigenvalue weighted by Crippen LogP contribution is 2.23. The van der Waals surface area contributed by atoms with Crippen molar-refractivity contribution in [3.8, 4) is 0 Å². The highest BCUT2D eigenvalue weighted by atomic mass is 16.5. The SMILES string of the molecule is CCCCCCCCCCN(CCCn1ccnc1C)C(CCCCCCCCCOCC(CCCC)CCCCCC)CCCCCCCCCC(=O)OCC(CCCC)CCCCCC. The number of aromatic nitrogens is 2. The van der Waals surface area contributed by atoms with E-state index in [1.807, 2.05) is 6.20 Å².